The molecule has 1 fully saturated rings. The summed E-state index contributed by atoms with van der Waals surface area (Å²) in [6, 6.07) is 6.48. The highest BCUT2D eigenvalue weighted by molar-refractivity contribution is 7.15. The number of rotatable bonds is 5. The maximum absolute atomic E-state index is 12.9. The number of nitrogens with two attached hydrogens (primary N) is 1. The molecule has 1 aromatic carbocycles. The van der Waals surface area contributed by atoms with Crippen LogP contribution in [0.25, 0.3) is 10.4 Å². The second-order valence-corrected chi connectivity index (χ2v) is 8.47. The standard InChI is InChI=1S/C21H22F3N5S/c22-21(23,24)18-6-7-26-20(29-18)28-16-9-13(11-25)8-15(10-16)17-12-27-19(30-17)14-4-2-1-3-5-14/h6-10,12,14H,1-5,11,25H2,(H,26,28,29). The summed E-state index contributed by atoms with van der Waals surface area (Å²) < 4.78 is 38.8. The van der Waals surface area contributed by atoms with Crippen molar-refractivity contribution in [3.63, 3.8) is 0 Å². The highest BCUT2D eigenvalue weighted by atomic mass is 32.1. The maximum atomic E-state index is 12.9. The molecule has 1 saturated carbocycles. The molecule has 9 heteroatoms. The van der Waals surface area contributed by atoms with Crippen molar-refractivity contribution in [1.82, 2.24) is 15.0 Å². The van der Waals surface area contributed by atoms with E-state index >= 15 is 0 Å². The topological polar surface area (TPSA) is 76.7 Å². The Kier molecular flexibility index (Phi) is 6.01. The maximum Gasteiger partial charge on any atom is 0.433 e. The normalized spacial score (nSPS) is 15.3. The Morgan fingerprint density at radius 2 is 1.90 bits per heavy atom. The fourth-order valence-electron chi connectivity index (χ4n) is 3.69. The zero-order valence-corrected chi connectivity index (χ0v) is 17.1. The minimum Gasteiger partial charge on any atom is -0.326 e. The molecule has 3 N–H and O–H groups in total. The van der Waals surface area contributed by atoms with Gasteiger partial charge in [-0.3, -0.25) is 0 Å². The van der Waals surface area contributed by atoms with Crippen molar-refractivity contribution in [2.45, 2.75) is 50.7 Å². The number of thiazole rings is 1. The summed E-state index contributed by atoms with van der Waals surface area (Å²) in [7, 11) is 0. The first-order valence-corrected chi connectivity index (χ1v) is 10.7. The Hall–Kier alpha value is -2.52. The SMILES string of the molecule is NCc1cc(Nc2nccc(C(F)(F)F)n2)cc(-c2cnc(C3CCCCC3)s2)c1. The lowest BCUT2D eigenvalue weighted by Crippen LogP contribution is -2.10. The van der Waals surface area contributed by atoms with Gasteiger partial charge in [0.2, 0.25) is 5.95 Å². The number of halogens is 3. The summed E-state index contributed by atoms with van der Waals surface area (Å²) in [5.74, 6) is 0.406. The lowest BCUT2D eigenvalue weighted by molar-refractivity contribution is -0.141. The van der Waals surface area contributed by atoms with E-state index in [-0.39, 0.29) is 5.95 Å². The Morgan fingerprint density at radius 3 is 2.63 bits per heavy atom. The first kappa shape index (κ1) is 20.7. The molecule has 0 bridgehead atoms. The van der Waals surface area contributed by atoms with E-state index in [0.717, 1.165) is 33.3 Å². The number of hydrogen-bond donors (Lipinski definition) is 2. The summed E-state index contributed by atoms with van der Waals surface area (Å²) in [6.45, 7) is 0.306. The minimum atomic E-state index is -4.53. The Bertz CT molecular complexity index is 1010. The van der Waals surface area contributed by atoms with Gasteiger partial charge in [-0.05, 0) is 48.2 Å². The number of hydrogen-bond acceptors (Lipinski definition) is 6. The smallest absolute Gasteiger partial charge is 0.326 e. The molecule has 0 unspecified atom stereocenters. The third kappa shape index (κ3) is 4.79. The third-order valence-electron chi connectivity index (χ3n) is 5.19. The van der Waals surface area contributed by atoms with Gasteiger partial charge >= 0.3 is 6.18 Å². The van der Waals surface area contributed by atoms with Crippen LogP contribution in [0.2, 0.25) is 0 Å². The average Bonchev–Trinajstić information content (AvgIpc) is 3.24. The predicted octanol–water partition coefficient (Wildman–Crippen LogP) is 5.87. The molecule has 0 spiro atoms. The number of anilines is 2. The van der Waals surface area contributed by atoms with Crippen LogP contribution in [0.4, 0.5) is 24.8 Å². The highest BCUT2D eigenvalue weighted by Crippen LogP contribution is 2.38. The number of nitrogens with zero attached hydrogens (tertiary/aromatic N) is 3. The van der Waals surface area contributed by atoms with Crippen LogP contribution < -0.4 is 11.1 Å². The molecule has 3 aromatic rings. The molecule has 30 heavy (non-hydrogen) atoms. The molecule has 158 valence electrons. The van der Waals surface area contributed by atoms with Gasteiger partial charge in [0.25, 0.3) is 0 Å². The lowest BCUT2D eigenvalue weighted by Gasteiger charge is -2.18. The van der Waals surface area contributed by atoms with E-state index in [2.05, 4.69) is 20.3 Å². The van der Waals surface area contributed by atoms with Crippen molar-refractivity contribution >= 4 is 23.0 Å². The molecule has 0 saturated heterocycles. The molecule has 2 heterocycles. The summed E-state index contributed by atoms with van der Waals surface area (Å²) >= 11 is 1.67. The number of benzene rings is 1. The molecule has 0 radical (unpaired) electrons. The van der Waals surface area contributed by atoms with Gasteiger partial charge in [-0.2, -0.15) is 13.2 Å². The van der Waals surface area contributed by atoms with Crippen molar-refractivity contribution in [2.75, 3.05) is 5.32 Å². The van der Waals surface area contributed by atoms with Crippen molar-refractivity contribution in [2.24, 2.45) is 5.73 Å². The van der Waals surface area contributed by atoms with Crippen molar-refractivity contribution in [1.29, 1.82) is 0 Å². The summed E-state index contributed by atoms with van der Waals surface area (Å²) in [5, 5.41) is 4.03. The van der Waals surface area contributed by atoms with Gasteiger partial charge in [-0.15, -0.1) is 11.3 Å². The number of nitrogens with one attached hydrogen (secondary N) is 1. The van der Waals surface area contributed by atoms with Crippen LogP contribution in [0, 0.1) is 0 Å². The van der Waals surface area contributed by atoms with Crippen LogP contribution in [0.3, 0.4) is 0 Å². The van der Waals surface area contributed by atoms with Gasteiger partial charge in [0.05, 0.1) is 9.88 Å². The van der Waals surface area contributed by atoms with E-state index in [1.165, 1.54) is 32.1 Å². The molecule has 5 nitrogen and oxygen atoms in total. The zero-order chi connectivity index (χ0) is 21.1. The summed E-state index contributed by atoms with van der Waals surface area (Å²) in [5.41, 5.74) is 7.21. The van der Waals surface area contributed by atoms with E-state index < -0.39 is 11.9 Å². The van der Waals surface area contributed by atoms with Gasteiger partial charge in [0, 0.05) is 30.5 Å². The third-order valence-corrected chi connectivity index (χ3v) is 6.40. The van der Waals surface area contributed by atoms with Crippen molar-refractivity contribution in [3.8, 4) is 10.4 Å². The average molecular weight is 434 g/mol. The van der Waals surface area contributed by atoms with Crippen molar-refractivity contribution < 1.29 is 13.2 Å². The second-order valence-electron chi connectivity index (χ2n) is 7.41. The molecule has 1 aliphatic carbocycles. The first-order valence-electron chi connectivity index (χ1n) is 9.90. The van der Waals surface area contributed by atoms with Gasteiger partial charge < -0.3 is 11.1 Å². The molecular formula is C21H22F3N5S. The first-order chi connectivity index (χ1) is 14.4. The molecule has 1 aliphatic rings. The molecule has 0 amide bonds. The van der Waals surface area contributed by atoms with Crippen LogP contribution in [-0.2, 0) is 12.7 Å². The van der Waals surface area contributed by atoms with Gasteiger partial charge in [0.15, 0.2) is 0 Å². The van der Waals surface area contributed by atoms with Crippen LogP contribution >= 0.6 is 11.3 Å². The van der Waals surface area contributed by atoms with Crippen molar-refractivity contribution in [3.05, 3.63) is 52.9 Å². The summed E-state index contributed by atoms with van der Waals surface area (Å²) in [4.78, 5) is 13.1. The van der Waals surface area contributed by atoms with E-state index in [0.29, 0.717) is 18.2 Å². The number of aromatic nitrogens is 3. The minimum absolute atomic E-state index is 0.114. The Balaban J connectivity index is 1.61. The molecule has 2 aromatic heterocycles. The van der Waals surface area contributed by atoms with Gasteiger partial charge in [-0.1, -0.05) is 19.3 Å². The highest BCUT2D eigenvalue weighted by Gasteiger charge is 2.32. The van der Waals surface area contributed by atoms with E-state index in [9.17, 15) is 13.2 Å². The molecule has 4 rings (SSSR count). The quantitative estimate of drug-likeness (QED) is 0.526. The fraction of sp³-hybridized carbons (Fsp3) is 0.381. The number of alkyl halides is 3. The van der Waals surface area contributed by atoms with E-state index in [4.69, 9.17) is 5.73 Å². The van der Waals surface area contributed by atoms with Crippen LogP contribution in [0.15, 0.2) is 36.7 Å². The predicted molar refractivity (Wildman–Crippen MR) is 112 cm³/mol. The van der Waals surface area contributed by atoms with Crippen LogP contribution in [-0.4, -0.2) is 15.0 Å². The lowest BCUT2D eigenvalue weighted by atomic mass is 9.90. The van der Waals surface area contributed by atoms with Gasteiger partial charge in [-0.25, -0.2) is 15.0 Å². The Labute approximate surface area is 176 Å². The second kappa shape index (κ2) is 8.69. The largest absolute Gasteiger partial charge is 0.433 e. The van der Waals surface area contributed by atoms with E-state index in [1.807, 2.05) is 18.3 Å². The molecule has 0 atom stereocenters. The Morgan fingerprint density at radius 1 is 1.10 bits per heavy atom. The molecular weight excluding hydrogens is 411 g/mol. The van der Waals surface area contributed by atoms with E-state index in [1.54, 1.807) is 17.4 Å². The summed E-state index contributed by atoms with van der Waals surface area (Å²) in [6.07, 6.45) is 4.56. The molecule has 0 aliphatic heterocycles. The van der Waals surface area contributed by atoms with Gasteiger partial charge in [0.1, 0.15) is 5.69 Å². The zero-order valence-electron chi connectivity index (χ0n) is 16.2. The van der Waals surface area contributed by atoms with Crippen LogP contribution in [0.1, 0.15) is 54.3 Å². The fourth-order valence-corrected chi connectivity index (χ4v) is 4.76. The van der Waals surface area contributed by atoms with Crippen LogP contribution in [0.5, 0.6) is 0 Å². The monoisotopic (exact) mass is 433 g/mol.